The van der Waals surface area contributed by atoms with Crippen molar-refractivity contribution in [2.75, 3.05) is 13.6 Å². The molecule has 4 bridgehead atoms. The average molecular weight is 622 g/mol. The highest BCUT2D eigenvalue weighted by Crippen LogP contribution is 2.39. The van der Waals surface area contributed by atoms with Crippen molar-refractivity contribution in [2.45, 2.75) is 67.5 Å². The number of ether oxygens (including phenoxy) is 3. The molecule has 8 N–H and O–H groups in total. The van der Waals surface area contributed by atoms with Gasteiger partial charge in [0.1, 0.15) is 54.5 Å². The Morgan fingerprint density at radius 3 is 2.36 bits per heavy atom. The molecule has 0 radical (unpaired) electrons. The summed E-state index contributed by atoms with van der Waals surface area (Å²) < 4.78 is 55.1. The molecule has 1 aromatic heterocycles. The third-order valence-electron chi connectivity index (χ3n) is 7.44. The number of hydrogen-bond donors (Lipinski definition) is 7. The molecule has 1 aromatic rings. The molecule has 4 aliphatic heterocycles. The number of nitrogens with one attached hydrogen (secondary N) is 1. The largest absolute Gasteiger partial charge is 0.477 e. The number of nitrogens with two attached hydrogens (primary N) is 1. The van der Waals surface area contributed by atoms with Gasteiger partial charge >= 0.3 is 22.1 Å². The highest BCUT2D eigenvalue weighted by molar-refractivity contribution is 7.80. The number of aliphatic hydroxyl groups excluding tert-OH is 3. The van der Waals surface area contributed by atoms with Crippen LogP contribution >= 0.6 is 0 Å². The number of hydrogen-bond acceptors (Lipinski definition) is 15. The maximum absolute atomic E-state index is 14.0. The third-order valence-corrected chi connectivity index (χ3v) is 7.91. The Morgan fingerprint density at radius 2 is 1.74 bits per heavy atom. The van der Waals surface area contributed by atoms with Crippen LogP contribution in [-0.2, 0) is 38.4 Å². The summed E-state index contributed by atoms with van der Waals surface area (Å²) in [5.74, 6) is -2.61. The van der Waals surface area contributed by atoms with E-state index in [-0.39, 0.29) is 6.54 Å². The summed E-state index contributed by atoms with van der Waals surface area (Å²) in [5.41, 5.74) is 3.81. The number of amides is 1. The van der Waals surface area contributed by atoms with E-state index in [0.29, 0.717) is 4.90 Å². The van der Waals surface area contributed by atoms with Crippen molar-refractivity contribution >= 4 is 22.3 Å². The zero-order chi connectivity index (χ0) is 30.8. The molecule has 5 heterocycles. The molecule has 0 aromatic carbocycles. The van der Waals surface area contributed by atoms with Crippen LogP contribution in [0.4, 0.5) is 0 Å². The van der Waals surface area contributed by atoms with E-state index in [9.17, 15) is 52.6 Å². The number of carboxylic acids is 1. The van der Waals surface area contributed by atoms with E-state index in [1.165, 1.54) is 11.9 Å². The van der Waals surface area contributed by atoms with E-state index in [4.69, 9.17) is 19.9 Å². The van der Waals surface area contributed by atoms with Crippen LogP contribution in [0.5, 0.6) is 0 Å². The van der Waals surface area contributed by atoms with Crippen molar-refractivity contribution in [1.29, 1.82) is 0 Å². The molecule has 0 spiro atoms. The second-order valence-electron chi connectivity index (χ2n) is 10.0. The molecule has 21 heteroatoms. The first kappa shape index (κ1) is 30.4. The Hall–Kier alpha value is -3.09. The Kier molecular flexibility index (Phi) is 7.86. The minimum absolute atomic E-state index is 0.209. The van der Waals surface area contributed by atoms with Gasteiger partial charge in [0, 0.05) is 18.8 Å². The van der Waals surface area contributed by atoms with Gasteiger partial charge < -0.3 is 40.4 Å². The Labute approximate surface area is 235 Å². The lowest BCUT2D eigenvalue weighted by molar-refractivity contribution is -0.227. The molecule has 3 saturated heterocycles. The van der Waals surface area contributed by atoms with Gasteiger partial charge in [-0.2, -0.15) is 8.42 Å². The molecular weight excluding hydrogens is 594 g/mol. The van der Waals surface area contributed by atoms with Gasteiger partial charge in [0.15, 0.2) is 18.6 Å². The van der Waals surface area contributed by atoms with Crippen LogP contribution in [-0.4, -0.2) is 139 Å². The normalized spacial score (nSPS) is 39.3. The molecule has 42 heavy (non-hydrogen) atoms. The Bertz CT molecular complexity index is 1510. The van der Waals surface area contributed by atoms with Crippen molar-refractivity contribution in [3.63, 3.8) is 0 Å². The van der Waals surface area contributed by atoms with E-state index >= 15 is 0 Å². The number of aliphatic carboxylic acids is 1. The fourth-order valence-corrected chi connectivity index (χ4v) is 6.01. The molecular formula is C21H27N5O15S. The number of likely N-dealkylation sites (N-methyl/N-ethyl adjacent to an activating group) is 1. The van der Waals surface area contributed by atoms with E-state index in [1.807, 2.05) is 4.98 Å². The minimum Gasteiger partial charge on any atom is -0.477 e. The standard InChI is InChI=1S/C21H27N5O15S/c1-24-4-2-6(19(32)33)26-16(22)14-11(30)15(41-42(35,36)37)20(40-14)39-12(8(24)17(26)31)13-9(28)10(29)18(38-13)25-5-3-7(27)23-21(25)34/h2-3,5,8-16,18,20,28-30H,4,22H2,1H3,(H,32,33)(H,23,27,34)(H,35,36,37). The van der Waals surface area contributed by atoms with Crippen molar-refractivity contribution in [2.24, 2.45) is 5.73 Å². The second-order valence-corrected chi connectivity index (χ2v) is 11.1. The molecule has 0 saturated carbocycles. The molecule has 11 unspecified atom stereocenters. The SMILES string of the molecule is CN1CC=C(C(=O)O)N2C(=O)C1C(C1OC(n3ccc(=O)[nH]c3=O)C(O)C1O)OC1OC(C(O)C1OS(=O)(=O)O)C2N. The van der Waals surface area contributed by atoms with E-state index < -0.39 is 107 Å². The molecule has 11 atom stereocenters. The smallest absolute Gasteiger partial charge is 0.397 e. The predicted molar refractivity (Wildman–Crippen MR) is 130 cm³/mol. The second kappa shape index (κ2) is 10.9. The van der Waals surface area contributed by atoms with Gasteiger partial charge in [0.25, 0.3) is 5.56 Å². The Balaban J connectivity index is 1.63. The lowest BCUT2D eigenvalue weighted by Gasteiger charge is -2.40. The molecule has 5 rings (SSSR count). The van der Waals surface area contributed by atoms with Gasteiger partial charge in [-0.05, 0) is 13.1 Å². The van der Waals surface area contributed by atoms with Crippen LogP contribution in [0.25, 0.3) is 0 Å². The number of fused-ring (bicyclic) bond motifs is 4. The molecule has 232 valence electrons. The van der Waals surface area contributed by atoms with Gasteiger partial charge in [0.05, 0.1) is 0 Å². The first-order valence-corrected chi connectivity index (χ1v) is 13.7. The number of nitrogens with zero attached hydrogens (tertiary/aromatic N) is 3. The van der Waals surface area contributed by atoms with Gasteiger partial charge in [0.2, 0.25) is 5.91 Å². The highest BCUT2D eigenvalue weighted by Gasteiger charge is 2.60. The lowest BCUT2D eigenvalue weighted by Crippen LogP contribution is -2.63. The summed E-state index contributed by atoms with van der Waals surface area (Å²) in [5, 5.41) is 42.6. The van der Waals surface area contributed by atoms with Gasteiger partial charge in [-0.3, -0.25) is 33.5 Å². The van der Waals surface area contributed by atoms with Crippen LogP contribution in [0.2, 0.25) is 0 Å². The lowest BCUT2D eigenvalue weighted by atomic mass is 9.96. The van der Waals surface area contributed by atoms with Crippen LogP contribution < -0.4 is 17.0 Å². The Morgan fingerprint density at radius 1 is 1.07 bits per heavy atom. The monoisotopic (exact) mass is 621 g/mol. The summed E-state index contributed by atoms with van der Waals surface area (Å²) in [7, 11) is -3.88. The number of aliphatic hydroxyl groups is 3. The topological polar surface area (TPSA) is 294 Å². The van der Waals surface area contributed by atoms with Gasteiger partial charge in [-0.1, -0.05) is 0 Å². The minimum atomic E-state index is -5.26. The fourth-order valence-electron chi connectivity index (χ4n) is 5.52. The van der Waals surface area contributed by atoms with Crippen LogP contribution in [0.15, 0.2) is 33.6 Å². The first-order valence-electron chi connectivity index (χ1n) is 12.3. The molecule has 1 amide bonds. The van der Waals surface area contributed by atoms with E-state index in [0.717, 1.165) is 22.9 Å². The number of H-pyrrole nitrogens is 1. The van der Waals surface area contributed by atoms with E-state index in [1.54, 1.807) is 0 Å². The number of carboxylic acid groups (broad SMARTS) is 1. The van der Waals surface area contributed by atoms with Crippen molar-refractivity contribution < 1.29 is 61.4 Å². The van der Waals surface area contributed by atoms with Crippen LogP contribution in [0.3, 0.4) is 0 Å². The summed E-state index contributed by atoms with van der Waals surface area (Å²) in [6, 6.07) is -0.631. The number of carbonyl (C=O) groups is 2. The molecule has 0 aliphatic carbocycles. The van der Waals surface area contributed by atoms with Crippen molar-refractivity contribution in [3.05, 3.63) is 44.9 Å². The molecule has 20 nitrogen and oxygen atoms in total. The van der Waals surface area contributed by atoms with Crippen molar-refractivity contribution in [3.8, 4) is 0 Å². The van der Waals surface area contributed by atoms with Gasteiger partial charge in [-0.15, -0.1) is 0 Å². The average Bonchev–Trinajstić information content (AvgIpc) is 3.30. The summed E-state index contributed by atoms with van der Waals surface area (Å²) in [6.07, 6.45) is -16.2. The van der Waals surface area contributed by atoms with E-state index in [2.05, 4.69) is 4.18 Å². The highest BCUT2D eigenvalue weighted by atomic mass is 32.3. The molecule has 4 aliphatic rings. The van der Waals surface area contributed by atoms with Crippen molar-refractivity contribution in [1.82, 2.24) is 19.4 Å². The summed E-state index contributed by atoms with van der Waals surface area (Å²) >= 11 is 0. The zero-order valence-corrected chi connectivity index (χ0v) is 22.3. The maximum atomic E-state index is 14.0. The first-order chi connectivity index (χ1) is 19.6. The van der Waals surface area contributed by atoms with Crippen LogP contribution in [0, 0.1) is 0 Å². The van der Waals surface area contributed by atoms with Crippen LogP contribution in [0.1, 0.15) is 6.23 Å². The predicted octanol–water partition coefficient (Wildman–Crippen LogP) is -5.78. The quantitative estimate of drug-likeness (QED) is 0.151. The maximum Gasteiger partial charge on any atom is 0.397 e. The summed E-state index contributed by atoms with van der Waals surface area (Å²) in [6.45, 7) is -0.209. The molecule has 3 fully saturated rings. The number of aromatic amines is 1. The third kappa shape index (κ3) is 5.17. The number of rotatable bonds is 5. The number of aromatic nitrogens is 2. The summed E-state index contributed by atoms with van der Waals surface area (Å²) in [4.78, 5) is 53.9. The fraction of sp³-hybridized carbons (Fsp3) is 0.619. The van der Waals surface area contributed by atoms with Gasteiger partial charge in [-0.25, -0.2) is 13.8 Å². The zero-order valence-electron chi connectivity index (χ0n) is 21.4. The number of carbonyl (C=O) groups excluding carboxylic acids is 1.